The number of rotatable bonds is 4. The van der Waals surface area contributed by atoms with Crippen molar-refractivity contribution in [3.05, 3.63) is 50.7 Å². The molecule has 2 aromatic rings. The summed E-state index contributed by atoms with van der Waals surface area (Å²) in [7, 11) is 1.33. The fourth-order valence-electron chi connectivity index (χ4n) is 1.76. The third kappa shape index (κ3) is 3.30. The van der Waals surface area contributed by atoms with Crippen LogP contribution < -0.4 is 5.32 Å². The standard InChI is InChI=1S/C14H13FINO3/c1-8-11(14(18)19-2)6-10(20-8)7-17-13-4-3-9(15)5-12(13)16/h3-6,17H,7H2,1-2H3. The third-order valence-corrected chi connectivity index (χ3v) is 3.65. The maximum Gasteiger partial charge on any atom is 0.341 e. The second-order valence-corrected chi connectivity index (χ2v) is 5.31. The average molecular weight is 389 g/mol. The lowest BCUT2D eigenvalue weighted by molar-refractivity contribution is 0.0599. The summed E-state index contributed by atoms with van der Waals surface area (Å²) in [5.74, 6) is 0.432. The van der Waals surface area contributed by atoms with E-state index in [0.717, 1.165) is 9.26 Å². The summed E-state index contributed by atoms with van der Waals surface area (Å²) in [6, 6.07) is 6.13. The Morgan fingerprint density at radius 2 is 2.20 bits per heavy atom. The van der Waals surface area contributed by atoms with Gasteiger partial charge in [0.05, 0.1) is 13.7 Å². The molecule has 2 rings (SSSR count). The maximum absolute atomic E-state index is 13.0. The molecule has 6 heteroatoms. The monoisotopic (exact) mass is 389 g/mol. The fourth-order valence-corrected chi connectivity index (χ4v) is 2.43. The highest BCUT2D eigenvalue weighted by atomic mass is 127. The molecule has 0 atom stereocenters. The first-order chi connectivity index (χ1) is 9.51. The van der Waals surface area contributed by atoms with Crippen LogP contribution in [0.25, 0.3) is 0 Å². The summed E-state index contributed by atoms with van der Waals surface area (Å²) < 4.78 is 23.9. The van der Waals surface area contributed by atoms with Gasteiger partial charge in [-0.15, -0.1) is 0 Å². The van der Waals surface area contributed by atoms with Gasteiger partial charge >= 0.3 is 5.97 Å². The van der Waals surface area contributed by atoms with E-state index in [1.165, 1.54) is 19.2 Å². The van der Waals surface area contributed by atoms with Gasteiger partial charge in [0.2, 0.25) is 0 Å². The molecule has 20 heavy (non-hydrogen) atoms. The van der Waals surface area contributed by atoms with Crippen LogP contribution in [-0.2, 0) is 11.3 Å². The van der Waals surface area contributed by atoms with E-state index in [1.807, 2.05) is 0 Å². The molecule has 4 nitrogen and oxygen atoms in total. The second kappa shape index (κ2) is 6.25. The number of halogens is 2. The van der Waals surface area contributed by atoms with Crippen molar-refractivity contribution in [3.8, 4) is 0 Å². The Morgan fingerprint density at radius 1 is 1.45 bits per heavy atom. The van der Waals surface area contributed by atoms with Crippen LogP contribution in [0.3, 0.4) is 0 Å². The van der Waals surface area contributed by atoms with Crippen LogP contribution in [0.4, 0.5) is 10.1 Å². The summed E-state index contributed by atoms with van der Waals surface area (Å²) in [6.07, 6.45) is 0. The predicted octanol–water partition coefficient (Wildman–Crippen LogP) is 3.73. The maximum atomic E-state index is 13.0. The summed E-state index contributed by atoms with van der Waals surface area (Å²) in [6.45, 7) is 2.11. The molecular formula is C14H13FINO3. The van der Waals surface area contributed by atoms with Crippen LogP contribution in [0.1, 0.15) is 21.9 Å². The Bertz CT molecular complexity index is 639. The van der Waals surface area contributed by atoms with Crippen molar-refractivity contribution in [1.82, 2.24) is 0 Å². The topological polar surface area (TPSA) is 51.5 Å². The summed E-state index contributed by atoms with van der Waals surface area (Å²) in [5, 5.41) is 3.13. The molecule has 0 aliphatic heterocycles. The van der Waals surface area contributed by atoms with Gasteiger partial charge in [-0.25, -0.2) is 9.18 Å². The van der Waals surface area contributed by atoms with E-state index in [4.69, 9.17) is 4.42 Å². The van der Waals surface area contributed by atoms with Gasteiger partial charge in [-0.2, -0.15) is 0 Å². The highest BCUT2D eigenvalue weighted by Crippen LogP contribution is 2.21. The van der Waals surface area contributed by atoms with Crippen LogP contribution in [0, 0.1) is 16.3 Å². The van der Waals surface area contributed by atoms with Crippen molar-refractivity contribution in [3.63, 3.8) is 0 Å². The van der Waals surface area contributed by atoms with Gasteiger partial charge in [-0.1, -0.05) is 0 Å². The Kier molecular flexibility index (Phi) is 4.64. The van der Waals surface area contributed by atoms with E-state index >= 15 is 0 Å². The van der Waals surface area contributed by atoms with Gasteiger partial charge in [0.15, 0.2) is 0 Å². The number of furan rings is 1. The summed E-state index contributed by atoms with van der Waals surface area (Å²) in [4.78, 5) is 11.5. The van der Waals surface area contributed by atoms with E-state index in [0.29, 0.717) is 23.6 Å². The van der Waals surface area contributed by atoms with Gasteiger partial charge < -0.3 is 14.5 Å². The number of carbonyl (C=O) groups is 1. The second-order valence-electron chi connectivity index (χ2n) is 4.15. The number of methoxy groups -OCH3 is 1. The molecule has 0 spiro atoms. The van der Waals surface area contributed by atoms with Gasteiger partial charge in [-0.05, 0) is 53.8 Å². The van der Waals surface area contributed by atoms with Crippen molar-refractivity contribution in [2.75, 3.05) is 12.4 Å². The summed E-state index contributed by atoms with van der Waals surface area (Å²) in [5.41, 5.74) is 1.22. The average Bonchev–Trinajstić information content (AvgIpc) is 2.78. The van der Waals surface area contributed by atoms with Crippen LogP contribution in [0.5, 0.6) is 0 Å². The molecule has 0 amide bonds. The minimum absolute atomic E-state index is 0.276. The Morgan fingerprint density at radius 3 is 2.85 bits per heavy atom. The van der Waals surface area contributed by atoms with Crippen molar-refractivity contribution < 1.29 is 18.3 Å². The van der Waals surface area contributed by atoms with Crippen LogP contribution in [0.15, 0.2) is 28.7 Å². The molecule has 1 aromatic carbocycles. The highest BCUT2D eigenvalue weighted by molar-refractivity contribution is 14.1. The molecule has 0 unspecified atom stereocenters. The van der Waals surface area contributed by atoms with E-state index in [2.05, 4.69) is 32.6 Å². The zero-order chi connectivity index (χ0) is 14.7. The Hall–Kier alpha value is -1.57. The quantitative estimate of drug-likeness (QED) is 0.640. The molecule has 106 valence electrons. The molecule has 0 radical (unpaired) electrons. The molecule has 1 heterocycles. The largest absolute Gasteiger partial charge is 0.465 e. The molecule has 0 saturated heterocycles. The zero-order valence-corrected chi connectivity index (χ0v) is 13.2. The molecule has 0 bridgehead atoms. The van der Waals surface area contributed by atoms with E-state index in [-0.39, 0.29) is 5.82 Å². The molecular weight excluding hydrogens is 376 g/mol. The molecule has 1 N–H and O–H groups in total. The van der Waals surface area contributed by atoms with E-state index in [1.54, 1.807) is 19.1 Å². The van der Waals surface area contributed by atoms with Crippen LogP contribution in [0.2, 0.25) is 0 Å². The minimum Gasteiger partial charge on any atom is -0.465 e. The van der Waals surface area contributed by atoms with Crippen molar-refractivity contribution >= 4 is 34.2 Å². The number of nitrogens with one attached hydrogen (secondary N) is 1. The van der Waals surface area contributed by atoms with Crippen LogP contribution in [-0.4, -0.2) is 13.1 Å². The van der Waals surface area contributed by atoms with E-state index in [9.17, 15) is 9.18 Å². The third-order valence-electron chi connectivity index (χ3n) is 2.76. The lowest BCUT2D eigenvalue weighted by Crippen LogP contribution is -2.02. The molecule has 0 saturated carbocycles. The van der Waals surface area contributed by atoms with Crippen LogP contribution >= 0.6 is 22.6 Å². The Labute approximate surface area is 129 Å². The van der Waals surface area contributed by atoms with E-state index < -0.39 is 5.97 Å². The van der Waals surface area contributed by atoms with Gasteiger partial charge in [0.1, 0.15) is 22.9 Å². The van der Waals surface area contributed by atoms with Gasteiger partial charge in [-0.3, -0.25) is 0 Å². The normalized spacial score (nSPS) is 10.4. The number of hydrogen-bond donors (Lipinski definition) is 1. The first-order valence-corrected chi connectivity index (χ1v) is 6.95. The summed E-state index contributed by atoms with van der Waals surface area (Å²) >= 11 is 2.05. The van der Waals surface area contributed by atoms with Gasteiger partial charge in [0, 0.05) is 9.26 Å². The predicted molar refractivity (Wildman–Crippen MR) is 81.2 cm³/mol. The SMILES string of the molecule is COC(=O)c1cc(CNc2ccc(F)cc2I)oc1C. The number of hydrogen-bond acceptors (Lipinski definition) is 4. The number of esters is 1. The molecule has 0 aliphatic carbocycles. The van der Waals surface area contributed by atoms with Crippen molar-refractivity contribution in [2.45, 2.75) is 13.5 Å². The van der Waals surface area contributed by atoms with Crippen molar-refractivity contribution in [2.24, 2.45) is 0 Å². The van der Waals surface area contributed by atoms with Gasteiger partial charge in [0.25, 0.3) is 0 Å². The smallest absolute Gasteiger partial charge is 0.341 e. The lowest BCUT2D eigenvalue weighted by Gasteiger charge is -2.06. The number of carbonyl (C=O) groups excluding carboxylic acids is 1. The lowest BCUT2D eigenvalue weighted by atomic mass is 10.2. The Balaban J connectivity index is 2.09. The number of aryl methyl sites for hydroxylation is 1. The molecule has 0 aliphatic rings. The van der Waals surface area contributed by atoms with Crippen molar-refractivity contribution in [1.29, 1.82) is 0 Å². The highest BCUT2D eigenvalue weighted by Gasteiger charge is 2.15. The number of anilines is 1. The number of benzene rings is 1. The fraction of sp³-hybridized carbons (Fsp3) is 0.214. The number of ether oxygens (including phenoxy) is 1. The molecule has 0 fully saturated rings. The molecule has 1 aromatic heterocycles. The first-order valence-electron chi connectivity index (χ1n) is 5.88. The first kappa shape index (κ1) is 14.8. The minimum atomic E-state index is -0.422. The zero-order valence-electron chi connectivity index (χ0n) is 11.0.